The highest BCUT2D eigenvalue weighted by molar-refractivity contribution is 5.64. The fraction of sp³-hybridized carbons (Fsp3) is 0.682. The minimum absolute atomic E-state index is 0.455. The lowest BCUT2D eigenvalue weighted by Crippen LogP contribution is -2.61. The molecule has 1 rings (SSSR count). The molecule has 0 radical (unpaired) electrons. The molecule has 1 atom stereocenters. The average molecular weight is 695 g/mol. The first-order valence-electron chi connectivity index (χ1n) is 11.6. The normalized spacial score (nSPS) is 15.4. The van der Waals surface area contributed by atoms with E-state index >= 15 is 0 Å². The number of alkyl halides is 15. The molecule has 23 heteroatoms. The highest BCUT2D eigenvalue weighted by atomic mass is 19.4. The largest absolute Gasteiger partial charge is 0.514 e. The number of nitro groups is 1. The first-order valence-corrected chi connectivity index (χ1v) is 11.6. The molecule has 1 unspecified atom stereocenters. The van der Waals surface area contributed by atoms with E-state index in [4.69, 9.17) is 0 Å². The summed E-state index contributed by atoms with van der Waals surface area (Å²) in [5, 5.41) is 10.6. The van der Waals surface area contributed by atoms with Crippen molar-refractivity contribution in [3.05, 3.63) is 34.4 Å². The summed E-state index contributed by atoms with van der Waals surface area (Å²) < 4.78 is 216. The molecule has 0 aliphatic rings. The van der Waals surface area contributed by atoms with Gasteiger partial charge in [-0.05, 0) is 19.1 Å². The van der Waals surface area contributed by atoms with Crippen LogP contribution >= 0.6 is 0 Å². The van der Waals surface area contributed by atoms with Crippen LogP contribution in [0.2, 0.25) is 0 Å². The Labute approximate surface area is 241 Å². The van der Waals surface area contributed by atoms with E-state index in [1.807, 2.05) is 0 Å². The van der Waals surface area contributed by atoms with Crippen LogP contribution in [0.4, 0.5) is 76.3 Å². The van der Waals surface area contributed by atoms with E-state index < -0.39 is 110 Å². The van der Waals surface area contributed by atoms with E-state index in [0.717, 1.165) is 24.3 Å². The minimum Gasteiger partial charge on any atom is -0.428 e. The SMILES string of the molecule is CC(COC(=O)Oc1ccc([N+](=O)[O-])cc1)(OCCC(F)(F)C(F)(F)C(C)(F)F)OCCC(F)(F)C(F)(F)C(F)(F)C(F)(F)F. The third-order valence-corrected chi connectivity index (χ3v) is 5.57. The van der Waals surface area contributed by atoms with Gasteiger partial charge in [0.25, 0.3) is 5.69 Å². The molecule has 0 fully saturated rings. The van der Waals surface area contributed by atoms with E-state index in [2.05, 4.69) is 18.9 Å². The van der Waals surface area contributed by atoms with Gasteiger partial charge in [-0.15, -0.1) is 0 Å². The van der Waals surface area contributed by atoms with Crippen LogP contribution in [0.25, 0.3) is 0 Å². The monoisotopic (exact) mass is 695 g/mol. The molecule has 0 spiro atoms. The zero-order valence-corrected chi connectivity index (χ0v) is 22.3. The Morgan fingerprint density at radius 3 is 1.51 bits per heavy atom. The number of hydrogen-bond acceptors (Lipinski definition) is 7. The molecule has 45 heavy (non-hydrogen) atoms. The summed E-state index contributed by atoms with van der Waals surface area (Å²) in [7, 11) is 0. The smallest absolute Gasteiger partial charge is 0.428 e. The molecule has 260 valence electrons. The lowest BCUT2D eigenvalue weighted by molar-refractivity contribution is -0.398. The summed E-state index contributed by atoms with van der Waals surface area (Å²) in [4.78, 5) is 21.7. The molecule has 0 aliphatic heterocycles. The van der Waals surface area contributed by atoms with Crippen LogP contribution in [0.15, 0.2) is 24.3 Å². The Kier molecular flexibility index (Phi) is 11.7. The van der Waals surface area contributed by atoms with Crippen molar-refractivity contribution in [2.45, 2.75) is 74.2 Å². The third kappa shape index (κ3) is 9.16. The molecular weight excluding hydrogens is 675 g/mol. The summed E-state index contributed by atoms with van der Waals surface area (Å²) in [6.07, 6.45) is -13.9. The molecule has 0 heterocycles. The maximum absolute atomic E-state index is 13.8. The van der Waals surface area contributed by atoms with Crippen LogP contribution in [0, 0.1) is 10.1 Å². The maximum atomic E-state index is 13.8. The van der Waals surface area contributed by atoms with Gasteiger partial charge in [0.2, 0.25) is 0 Å². The van der Waals surface area contributed by atoms with Crippen molar-refractivity contribution in [1.82, 2.24) is 0 Å². The van der Waals surface area contributed by atoms with E-state index in [1.54, 1.807) is 0 Å². The van der Waals surface area contributed by atoms with Gasteiger partial charge in [0.15, 0.2) is 5.79 Å². The van der Waals surface area contributed by atoms with Gasteiger partial charge in [-0.2, -0.15) is 65.9 Å². The number of rotatable bonds is 16. The van der Waals surface area contributed by atoms with Crippen molar-refractivity contribution >= 4 is 11.8 Å². The van der Waals surface area contributed by atoms with Crippen LogP contribution in [0.3, 0.4) is 0 Å². The lowest BCUT2D eigenvalue weighted by atomic mass is 10.0. The number of hydrogen-bond donors (Lipinski definition) is 0. The molecule has 0 aromatic heterocycles. The number of carbonyl (C=O) groups excluding carboxylic acids is 1. The Balaban J connectivity index is 3.10. The Bertz CT molecular complexity index is 1170. The second kappa shape index (κ2) is 13.2. The van der Waals surface area contributed by atoms with E-state index in [-0.39, 0.29) is 0 Å². The second-order valence-corrected chi connectivity index (χ2v) is 9.24. The molecular formula is C22H20F15NO7. The molecule has 0 aliphatic carbocycles. The summed E-state index contributed by atoms with van der Waals surface area (Å²) in [6, 6.07) is 3.34. The second-order valence-electron chi connectivity index (χ2n) is 9.24. The fourth-order valence-electron chi connectivity index (χ4n) is 2.91. The first-order chi connectivity index (χ1) is 19.9. The molecule has 0 bridgehead atoms. The van der Waals surface area contributed by atoms with Crippen molar-refractivity contribution in [2.24, 2.45) is 0 Å². The van der Waals surface area contributed by atoms with E-state index in [9.17, 15) is 80.8 Å². The number of non-ortho nitro benzene ring substituents is 1. The maximum Gasteiger partial charge on any atom is 0.514 e. The van der Waals surface area contributed by atoms with Crippen molar-refractivity contribution in [3.63, 3.8) is 0 Å². The van der Waals surface area contributed by atoms with E-state index in [0.29, 0.717) is 6.92 Å². The number of nitro benzene ring substituents is 1. The third-order valence-electron chi connectivity index (χ3n) is 5.57. The highest BCUT2D eigenvalue weighted by Crippen LogP contribution is 2.54. The predicted molar refractivity (Wildman–Crippen MR) is 116 cm³/mol. The van der Waals surface area contributed by atoms with E-state index in [1.165, 1.54) is 0 Å². The van der Waals surface area contributed by atoms with Crippen LogP contribution in [-0.4, -0.2) is 78.4 Å². The average Bonchev–Trinajstić information content (AvgIpc) is 2.86. The number of nitrogens with zero attached hydrogens (tertiary/aromatic N) is 1. The summed E-state index contributed by atoms with van der Waals surface area (Å²) >= 11 is 0. The minimum atomic E-state index is -7.27. The predicted octanol–water partition coefficient (Wildman–Crippen LogP) is 8.03. The molecule has 8 nitrogen and oxygen atoms in total. The Morgan fingerprint density at radius 1 is 0.711 bits per heavy atom. The van der Waals surface area contributed by atoms with Gasteiger partial charge in [0.1, 0.15) is 12.4 Å². The summed E-state index contributed by atoms with van der Waals surface area (Å²) in [5.74, 6) is -40.8. The van der Waals surface area contributed by atoms with Crippen LogP contribution in [0.5, 0.6) is 5.75 Å². The van der Waals surface area contributed by atoms with Gasteiger partial charge >= 0.3 is 47.9 Å². The number of ether oxygens (including phenoxy) is 4. The molecule has 0 saturated carbocycles. The van der Waals surface area contributed by atoms with Crippen molar-refractivity contribution in [1.29, 1.82) is 0 Å². The number of benzene rings is 1. The lowest BCUT2D eigenvalue weighted by Gasteiger charge is -2.35. The molecule has 1 aromatic carbocycles. The Morgan fingerprint density at radius 2 is 1.13 bits per heavy atom. The quantitative estimate of drug-likeness (QED) is 0.0432. The Hall–Kier alpha value is -3.24. The highest BCUT2D eigenvalue weighted by Gasteiger charge is 2.81. The molecule has 0 N–H and O–H groups in total. The van der Waals surface area contributed by atoms with Gasteiger partial charge in [-0.25, -0.2) is 4.79 Å². The topological polar surface area (TPSA) is 97.1 Å². The first kappa shape index (κ1) is 39.8. The zero-order chi connectivity index (χ0) is 35.5. The van der Waals surface area contributed by atoms with Crippen LogP contribution < -0.4 is 4.74 Å². The number of halogens is 15. The van der Waals surface area contributed by atoms with Crippen LogP contribution in [-0.2, 0) is 14.2 Å². The van der Waals surface area contributed by atoms with Gasteiger partial charge in [0.05, 0.1) is 18.1 Å². The van der Waals surface area contributed by atoms with Gasteiger partial charge in [-0.3, -0.25) is 10.1 Å². The molecule has 1 aromatic rings. The van der Waals surface area contributed by atoms with Crippen molar-refractivity contribution in [3.8, 4) is 5.75 Å². The van der Waals surface area contributed by atoms with Gasteiger partial charge < -0.3 is 18.9 Å². The zero-order valence-electron chi connectivity index (χ0n) is 22.3. The van der Waals surface area contributed by atoms with Crippen LogP contribution in [0.1, 0.15) is 26.7 Å². The standard InChI is InChI=1S/C22H20F15NO7/c1-15(43-9-7-17(25,26)19(29,30)16(2,23)24,11-42-14(39)45-13-5-3-12(4-6-13)38(40)41)44-10-8-18(27,28)20(31,32)21(33,34)22(35,36)37/h3-6H,7-11H2,1-2H3. The van der Waals surface area contributed by atoms with Gasteiger partial charge in [0, 0.05) is 31.9 Å². The molecule has 0 amide bonds. The van der Waals surface area contributed by atoms with Crippen molar-refractivity contribution in [2.75, 3.05) is 19.8 Å². The summed E-state index contributed by atoms with van der Waals surface area (Å²) in [6.45, 7) is -5.36. The van der Waals surface area contributed by atoms with Gasteiger partial charge in [-0.1, -0.05) is 0 Å². The molecule has 0 saturated heterocycles. The number of carbonyl (C=O) groups is 1. The summed E-state index contributed by atoms with van der Waals surface area (Å²) in [5.41, 5.74) is -0.483. The fourth-order valence-corrected chi connectivity index (χ4v) is 2.91. The van der Waals surface area contributed by atoms with Crippen molar-refractivity contribution < 1.29 is 94.5 Å².